The molecular formula is C20H27ClFN7O2. The summed E-state index contributed by atoms with van der Waals surface area (Å²) < 4.78 is 15.6. The first-order chi connectivity index (χ1) is 14.5. The second-order valence-corrected chi connectivity index (χ2v) is 9.39. The lowest BCUT2D eigenvalue weighted by atomic mass is 9.88. The smallest absolute Gasteiger partial charge is 0.243 e. The van der Waals surface area contributed by atoms with Crippen molar-refractivity contribution in [2.45, 2.75) is 58.4 Å². The van der Waals surface area contributed by atoms with Crippen LogP contribution in [0.25, 0.3) is 5.69 Å². The molecule has 1 aromatic heterocycles. The molecule has 1 aliphatic heterocycles. The van der Waals surface area contributed by atoms with Crippen LogP contribution in [0.3, 0.4) is 0 Å². The molecule has 0 radical (unpaired) electrons. The highest BCUT2D eigenvalue weighted by Gasteiger charge is 2.41. The molecule has 2 heterocycles. The van der Waals surface area contributed by atoms with Crippen molar-refractivity contribution in [3.8, 4) is 5.69 Å². The van der Waals surface area contributed by atoms with Crippen molar-refractivity contribution >= 4 is 23.4 Å². The van der Waals surface area contributed by atoms with Crippen LogP contribution >= 0.6 is 11.6 Å². The maximum Gasteiger partial charge on any atom is 0.243 e. The highest BCUT2D eigenvalue weighted by atomic mass is 35.5. The molecule has 2 aromatic rings. The quantitative estimate of drug-likeness (QED) is 0.689. The van der Waals surface area contributed by atoms with E-state index in [4.69, 9.17) is 17.3 Å². The first-order valence-electron chi connectivity index (χ1n) is 10.0. The number of hydrogen-bond donors (Lipinski definition) is 2. The fourth-order valence-electron chi connectivity index (χ4n) is 3.73. The van der Waals surface area contributed by atoms with Crippen molar-refractivity contribution in [2.24, 2.45) is 11.1 Å². The lowest BCUT2D eigenvalue weighted by Gasteiger charge is -2.29. The highest BCUT2D eigenvalue weighted by Crippen LogP contribution is 2.26. The Bertz CT molecular complexity index is 932. The van der Waals surface area contributed by atoms with Crippen molar-refractivity contribution in [3.63, 3.8) is 0 Å². The van der Waals surface area contributed by atoms with E-state index in [-0.39, 0.29) is 24.9 Å². The van der Waals surface area contributed by atoms with E-state index in [2.05, 4.69) is 20.8 Å². The van der Waals surface area contributed by atoms with Crippen LogP contribution in [0.5, 0.6) is 0 Å². The number of benzene rings is 1. The number of hydrogen-bond acceptors (Lipinski definition) is 6. The number of alkyl halides is 1. The van der Waals surface area contributed by atoms with Crippen molar-refractivity contribution in [3.05, 3.63) is 35.1 Å². The second kappa shape index (κ2) is 9.27. The topological polar surface area (TPSA) is 119 Å². The van der Waals surface area contributed by atoms with E-state index >= 15 is 0 Å². The molecule has 2 amide bonds. The van der Waals surface area contributed by atoms with Crippen LogP contribution in [-0.4, -0.2) is 61.7 Å². The number of likely N-dealkylation sites (tertiary alicyclic amines) is 1. The van der Waals surface area contributed by atoms with Crippen LogP contribution in [-0.2, 0) is 16.1 Å². The zero-order valence-corrected chi connectivity index (χ0v) is 18.5. The van der Waals surface area contributed by atoms with Crippen LogP contribution < -0.4 is 11.1 Å². The number of amides is 2. The molecule has 0 bridgehead atoms. The summed E-state index contributed by atoms with van der Waals surface area (Å²) in [5.74, 6) is -0.855. The normalized spacial score (nSPS) is 20.0. The summed E-state index contributed by atoms with van der Waals surface area (Å²) in [6.45, 7) is 5.89. The minimum Gasteiger partial charge on any atom is -0.350 e. The van der Waals surface area contributed by atoms with Gasteiger partial charge >= 0.3 is 0 Å². The zero-order valence-electron chi connectivity index (χ0n) is 17.8. The van der Waals surface area contributed by atoms with E-state index in [0.717, 1.165) is 0 Å². The van der Waals surface area contributed by atoms with Gasteiger partial charge in [-0.1, -0.05) is 32.4 Å². The van der Waals surface area contributed by atoms with Gasteiger partial charge in [0.25, 0.3) is 0 Å². The van der Waals surface area contributed by atoms with Gasteiger partial charge in [0.2, 0.25) is 11.8 Å². The van der Waals surface area contributed by atoms with E-state index in [9.17, 15) is 14.0 Å². The summed E-state index contributed by atoms with van der Waals surface area (Å²) in [5, 5.41) is 14.4. The molecule has 1 unspecified atom stereocenters. The summed E-state index contributed by atoms with van der Waals surface area (Å²) in [5.41, 5.74) is 7.21. The van der Waals surface area contributed by atoms with Gasteiger partial charge in [-0.3, -0.25) is 9.59 Å². The fourth-order valence-corrected chi connectivity index (χ4v) is 3.92. The van der Waals surface area contributed by atoms with Crippen LogP contribution in [0.1, 0.15) is 39.2 Å². The Morgan fingerprint density at radius 1 is 1.39 bits per heavy atom. The molecule has 9 nitrogen and oxygen atoms in total. The van der Waals surface area contributed by atoms with Crippen LogP contribution in [0.2, 0.25) is 5.02 Å². The summed E-state index contributed by atoms with van der Waals surface area (Å²) in [6.07, 6.45) is 0.529. The van der Waals surface area contributed by atoms with E-state index in [1.807, 2.05) is 20.8 Å². The Balaban J connectivity index is 1.71. The van der Waals surface area contributed by atoms with Gasteiger partial charge in [-0.25, -0.2) is 9.07 Å². The molecule has 1 fully saturated rings. The van der Waals surface area contributed by atoms with Crippen molar-refractivity contribution in [1.29, 1.82) is 0 Å². The van der Waals surface area contributed by atoms with Gasteiger partial charge in [-0.05, 0) is 46.0 Å². The minimum absolute atomic E-state index is 0.0603. The van der Waals surface area contributed by atoms with Crippen molar-refractivity contribution in [2.75, 3.05) is 6.54 Å². The van der Waals surface area contributed by atoms with E-state index in [1.165, 1.54) is 15.9 Å². The third-order valence-corrected chi connectivity index (χ3v) is 5.31. The third-order valence-electron chi connectivity index (χ3n) is 5.08. The number of nitrogens with two attached hydrogens (primary N) is 1. The maximum absolute atomic E-state index is 14.2. The van der Waals surface area contributed by atoms with Crippen molar-refractivity contribution < 1.29 is 14.0 Å². The number of aromatic nitrogens is 4. The Morgan fingerprint density at radius 2 is 2.13 bits per heavy atom. The van der Waals surface area contributed by atoms with Gasteiger partial charge in [-0.15, -0.1) is 5.10 Å². The fraction of sp³-hybridized carbons (Fsp3) is 0.550. The number of nitrogens with one attached hydrogen (secondary N) is 1. The van der Waals surface area contributed by atoms with Crippen LogP contribution in [0, 0.1) is 5.41 Å². The molecule has 0 aliphatic carbocycles. The van der Waals surface area contributed by atoms with E-state index < -0.39 is 30.1 Å². The summed E-state index contributed by atoms with van der Waals surface area (Å²) in [6, 6.07) is 3.40. The zero-order chi connectivity index (χ0) is 22.8. The Hall–Kier alpha value is -2.59. The first-order valence-corrected chi connectivity index (χ1v) is 10.4. The second-order valence-electron chi connectivity index (χ2n) is 8.96. The molecule has 0 saturated carbocycles. The molecule has 1 saturated heterocycles. The largest absolute Gasteiger partial charge is 0.350 e. The average molecular weight is 452 g/mol. The first kappa shape index (κ1) is 23.1. The van der Waals surface area contributed by atoms with Crippen LogP contribution in [0.4, 0.5) is 4.39 Å². The Kier molecular flexibility index (Phi) is 6.90. The standard InChI is InChI=1S/C20H27ClFN7O2/c1-20(2,3)8-15(23)19(31)28-10-14(22)7-17(28)18(30)24-9-12-6-13(21)4-5-16(12)29-11-25-26-27-29/h4-6,11,14-15,17H,7-10,23H2,1-3H3,(H,24,30)/t14-,15-,17?/m1/s1. The lowest BCUT2D eigenvalue weighted by molar-refractivity contribution is -0.140. The predicted molar refractivity (Wildman–Crippen MR) is 113 cm³/mol. The SMILES string of the molecule is CC(C)(C)C[C@@H](N)C(=O)N1C[C@H](F)CC1C(=O)NCc1cc(Cl)ccc1-n1cnnn1. The molecule has 3 atom stereocenters. The minimum atomic E-state index is -1.27. The van der Waals surface area contributed by atoms with Gasteiger partial charge in [-0.2, -0.15) is 0 Å². The van der Waals surface area contributed by atoms with Crippen LogP contribution in [0.15, 0.2) is 24.5 Å². The number of rotatable bonds is 6. The number of tetrazole rings is 1. The molecule has 3 rings (SSSR count). The molecule has 31 heavy (non-hydrogen) atoms. The third kappa shape index (κ3) is 5.76. The van der Waals surface area contributed by atoms with Gasteiger partial charge in [0, 0.05) is 18.0 Å². The van der Waals surface area contributed by atoms with Gasteiger partial charge in [0.15, 0.2) is 0 Å². The molecule has 0 spiro atoms. The monoisotopic (exact) mass is 451 g/mol. The molecule has 1 aromatic carbocycles. The predicted octanol–water partition coefficient (Wildman–Crippen LogP) is 1.63. The molecule has 168 valence electrons. The highest BCUT2D eigenvalue weighted by molar-refractivity contribution is 6.30. The number of halogens is 2. The number of carbonyl (C=O) groups is 2. The van der Waals surface area contributed by atoms with Crippen molar-refractivity contribution in [1.82, 2.24) is 30.4 Å². The molecule has 11 heteroatoms. The summed E-state index contributed by atoms with van der Waals surface area (Å²) in [4.78, 5) is 27.0. The number of carbonyl (C=O) groups excluding carboxylic acids is 2. The summed E-state index contributed by atoms with van der Waals surface area (Å²) in [7, 11) is 0. The van der Waals surface area contributed by atoms with Gasteiger partial charge in [0.1, 0.15) is 18.5 Å². The van der Waals surface area contributed by atoms with E-state index in [0.29, 0.717) is 22.7 Å². The van der Waals surface area contributed by atoms with Gasteiger partial charge < -0.3 is 16.0 Å². The van der Waals surface area contributed by atoms with E-state index in [1.54, 1.807) is 18.2 Å². The number of nitrogens with zero attached hydrogens (tertiary/aromatic N) is 5. The maximum atomic E-state index is 14.2. The average Bonchev–Trinajstić information content (AvgIpc) is 3.34. The molecular weight excluding hydrogens is 425 g/mol. The summed E-state index contributed by atoms with van der Waals surface area (Å²) >= 11 is 6.10. The Morgan fingerprint density at radius 3 is 2.77 bits per heavy atom. The molecule has 3 N–H and O–H groups in total. The molecule has 1 aliphatic rings. The Labute approximate surface area is 185 Å². The lowest BCUT2D eigenvalue weighted by Crippen LogP contribution is -2.51. The van der Waals surface area contributed by atoms with Gasteiger partial charge in [0.05, 0.1) is 18.3 Å².